The summed E-state index contributed by atoms with van der Waals surface area (Å²) in [4.78, 5) is 23.9. The third-order valence-corrected chi connectivity index (χ3v) is 6.51. The monoisotopic (exact) mass is 604 g/mol. The maximum atomic E-state index is 12.5. The van der Waals surface area contributed by atoms with Crippen LogP contribution in [0.4, 0.5) is 0 Å². The van der Waals surface area contributed by atoms with E-state index in [-0.39, 0.29) is 5.56 Å². The average Bonchev–Trinajstić information content (AvgIpc) is 3.51. The van der Waals surface area contributed by atoms with Crippen LogP contribution in [0.5, 0.6) is 5.75 Å². The van der Waals surface area contributed by atoms with E-state index in [2.05, 4.69) is 40.9 Å². The number of aryl methyl sites for hydroxylation is 1. The molecule has 0 amide bonds. The molecule has 3 aromatic heterocycles. The van der Waals surface area contributed by atoms with Gasteiger partial charge in [0, 0.05) is 42.2 Å². The maximum absolute atomic E-state index is 12.5. The number of aromatic nitrogens is 5. The molecule has 0 unspecified atom stereocenters. The van der Waals surface area contributed by atoms with Crippen LogP contribution in [0.3, 0.4) is 0 Å². The van der Waals surface area contributed by atoms with Crippen molar-refractivity contribution in [2.45, 2.75) is 81.2 Å². The molecule has 0 N–H and O–H groups in total. The Bertz CT molecular complexity index is 1360. The van der Waals surface area contributed by atoms with Gasteiger partial charge in [0.2, 0.25) is 0 Å². The number of likely N-dealkylation sites (tertiary alicyclic amines) is 1. The second-order valence-corrected chi connectivity index (χ2v) is 9.99. The third-order valence-electron chi connectivity index (χ3n) is 6.51. The quantitative estimate of drug-likeness (QED) is 0.213. The summed E-state index contributed by atoms with van der Waals surface area (Å²) in [5, 5.41) is 4.22. The van der Waals surface area contributed by atoms with Crippen molar-refractivity contribution < 1.29 is 4.74 Å². The van der Waals surface area contributed by atoms with Gasteiger partial charge in [0.15, 0.2) is 11.6 Å². The van der Waals surface area contributed by atoms with Crippen LogP contribution in [0.25, 0.3) is 22.5 Å². The molecular weight excluding hydrogens is 548 g/mol. The number of hydrogen-bond acceptors (Lipinski definition) is 6. The predicted molar refractivity (Wildman–Crippen MR) is 185 cm³/mol. The van der Waals surface area contributed by atoms with Crippen LogP contribution in [-0.4, -0.2) is 56.0 Å². The van der Waals surface area contributed by atoms with Crippen LogP contribution in [0.2, 0.25) is 0 Å². The maximum Gasteiger partial charge on any atom is 0.250 e. The summed E-state index contributed by atoms with van der Waals surface area (Å²) in [7, 11) is 4.04. The van der Waals surface area contributed by atoms with Crippen molar-refractivity contribution in [3.05, 3.63) is 83.3 Å². The van der Waals surface area contributed by atoms with Crippen LogP contribution in [-0.2, 0) is 13.6 Å². The van der Waals surface area contributed by atoms with Gasteiger partial charge in [-0.05, 0) is 56.6 Å². The minimum absolute atomic E-state index is 0.0506. The van der Waals surface area contributed by atoms with Crippen molar-refractivity contribution in [2.24, 2.45) is 13.0 Å². The molecule has 8 heteroatoms. The third kappa shape index (κ3) is 12.4. The lowest BCUT2D eigenvalue weighted by molar-refractivity contribution is 0.159. The first-order valence-corrected chi connectivity index (χ1v) is 16.4. The topological polar surface area (TPSA) is 78.1 Å². The standard InChI is InChI=1S/C27H30N6O2.C3H8.3C2H6/c1-31-10-8-20(9-11-31)19-35-25-14-28-27(29-15-25)22-5-3-4-21(12-22)16-33-18-23(6-7-26(33)34)24-13-30-32(2)17-24;1-3-2;3*1-2/h3-7,12-15,17-18,20H,8-11,16,19H2,1-2H3;3H2,1-2H3;3*1-2H3. The second-order valence-electron chi connectivity index (χ2n) is 9.99. The summed E-state index contributed by atoms with van der Waals surface area (Å²) in [6.07, 6.45) is 12.7. The molecule has 1 aliphatic heterocycles. The molecule has 0 radical (unpaired) electrons. The van der Waals surface area contributed by atoms with Crippen molar-refractivity contribution in [1.29, 1.82) is 0 Å². The van der Waals surface area contributed by atoms with Crippen molar-refractivity contribution in [1.82, 2.24) is 29.2 Å². The van der Waals surface area contributed by atoms with Crippen LogP contribution < -0.4 is 10.3 Å². The second kappa shape index (κ2) is 21.8. The molecule has 0 bridgehead atoms. The molecule has 0 spiro atoms. The van der Waals surface area contributed by atoms with E-state index in [9.17, 15) is 4.79 Å². The summed E-state index contributed by atoms with van der Waals surface area (Å²) < 4.78 is 9.41. The van der Waals surface area contributed by atoms with Gasteiger partial charge < -0.3 is 14.2 Å². The van der Waals surface area contributed by atoms with E-state index in [4.69, 9.17) is 4.74 Å². The van der Waals surface area contributed by atoms with E-state index >= 15 is 0 Å². The molecule has 0 atom stereocenters. The highest BCUT2D eigenvalue weighted by Crippen LogP contribution is 2.21. The molecule has 0 aliphatic carbocycles. The highest BCUT2D eigenvalue weighted by Gasteiger charge is 2.17. The Labute approximate surface area is 266 Å². The lowest BCUT2D eigenvalue weighted by Gasteiger charge is -2.28. The molecule has 242 valence electrons. The highest BCUT2D eigenvalue weighted by atomic mass is 16.5. The Morgan fingerprint density at radius 3 is 2.05 bits per heavy atom. The van der Waals surface area contributed by atoms with Gasteiger partial charge in [-0.2, -0.15) is 5.10 Å². The molecule has 1 aliphatic rings. The van der Waals surface area contributed by atoms with Gasteiger partial charge in [0.1, 0.15) is 0 Å². The van der Waals surface area contributed by atoms with Gasteiger partial charge in [-0.15, -0.1) is 0 Å². The number of rotatable bonds is 7. The number of nitrogens with zero attached hydrogens (tertiary/aromatic N) is 6. The molecule has 4 aromatic rings. The zero-order valence-electron chi connectivity index (χ0n) is 28.9. The Hall–Kier alpha value is -3.78. The molecule has 1 aromatic carbocycles. The van der Waals surface area contributed by atoms with Gasteiger partial charge in [-0.25, -0.2) is 9.97 Å². The average molecular weight is 605 g/mol. The Balaban J connectivity index is 0.000000980. The van der Waals surface area contributed by atoms with Crippen molar-refractivity contribution in [3.63, 3.8) is 0 Å². The molecule has 8 nitrogen and oxygen atoms in total. The fraction of sp³-hybridized carbons (Fsp3) is 0.500. The largest absolute Gasteiger partial charge is 0.490 e. The predicted octanol–water partition coefficient (Wildman–Crippen LogP) is 7.97. The number of piperidine rings is 1. The Morgan fingerprint density at radius 1 is 0.818 bits per heavy atom. The summed E-state index contributed by atoms with van der Waals surface area (Å²) >= 11 is 0. The summed E-state index contributed by atoms with van der Waals surface area (Å²) in [5.74, 6) is 1.92. The molecule has 5 rings (SSSR count). The Kier molecular flexibility index (Phi) is 19.0. The van der Waals surface area contributed by atoms with Crippen LogP contribution in [0.1, 0.15) is 80.2 Å². The van der Waals surface area contributed by atoms with E-state index in [0.29, 0.717) is 30.6 Å². The fourth-order valence-corrected chi connectivity index (χ4v) is 4.38. The van der Waals surface area contributed by atoms with E-state index < -0.39 is 0 Å². The lowest BCUT2D eigenvalue weighted by atomic mass is 9.98. The van der Waals surface area contributed by atoms with E-state index in [1.807, 2.05) is 91.3 Å². The zero-order chi connectivity index (χ0) is 32.9. The van der Waals surface area contributed by atoms with Crippen molar-refractivity contribution >= 4 is 0 Å². The van der Waals surface area contributed by atoms with Gasteiger partial charge in [-0.3, -0.25) is 9.48 Å². The smallest absolute Gasteiger partial charge is 0.250 e. The van der Waals surface area contributed by atoms with Crippen molar-refractivity contribution in [3.8, 4) is 28.3 Å². The zero-order valence-corrected chi connectivity index (χ0v) is 28.9. The van der Waals surface area contributed by atoms with E-state index in [1.54, 1.807) is 33.9 Å². The van der Waals surface area contributed by atoms with Gasteiger partial charge >= 0.3 is 0 Å². The van der Waals surface area contributed by atoms with Gasteiger partial charge in [-0.1, -0.05) is 80.0 Å². The number of pyridine rings is 1. The van der Waals surface area contributed by atoms with Gasteiger partial charge in [0.05, 0.1) is 31.7 Å². The SMILES string of the molecule is CC.CC.CC.CCC.CN1CCC(COc2cnc(-c3cccc(Cn4cc(-c5cnn(C)c5)ccc4=O)c3)nc2)CC1. The minimum atomic E-state index is -0.0506. The normalized spacial score (nSPS) is 12.6. The molecular formula is C36H56N6O2. The van der Waals surface area contributed by atoms with Crippen LogP contribution in [0, 0.1) is 5.92 Å². The van der Waals surface area contributed by atoms with E-state index in [1.165, 1.54) is 6.42 Å². The van der Waals surface area contributed by atoms with Crippen LogP contribution in [0.15, 0.2) is 72.2 Å². The first-order chi connectivity index (χ1) is 21.4. The summed E-state index contributed by atoms with van der Waals surface area (Å²) in [6.45, 7) is 19.7. The fourth-order valence-electron chi connectivity index (χ4n) is 4.38. The first kappa shape index (κ1) is 38.2. The number of benzene rings is 1. The van der Waals surface area contributed by atoms with Crippen LogP contribution >= 0.6 is 0 Å². The molecule has 1 saturated heterocycles. The number of hydrogen-bond donors (Lipinski definition) is 0. The summed E-state index contributed by atoms with van der Waals surface area (Å²) in [6, 6.07) is 11.4. The highest BCUT2D eigenvalue weighted by molar-refractivity contribution is 5.60. The molecule has 0 saturated carbocycles. The minimum Gasteiger partial charge on any atom is -0.490 e. The summed E-state index contributed by atoms with van der Waals surface area (Å²) in [5.41, 5.74) is 3.78. The first-order valence-electron chi connectivity index (χ1n) is 16.4. The van der Waals surface area contributed by atoms with Gasteiger partial charge in [0.25, 0.3) is 5.56 Å². The lowest BCUT2D eigenvalue weighted by Crippen LogP contribution is -2.32. The van der Waals surface area contributed by atoms with E-state index in [0.717, 1.165) is 48.2 Å². The molecule has 4 heterocycles. The molecule has 44 heavy (non-hydrogen) atoms. The van der Waals surface area contributed by atoms with Crippen molar-refractivity contribution in [2.75, 3.05) is 26.7 Å². The Morgan fingerprint density at radius 2 is 1.45 bits per heavy atom. The molecule has 1 fully saturated rings. The number of ether oxygens (including phenoxy) is 1.